The van der Waals surface area contributed by atoms with Gasteiger partial charge in [-0.1, -0.05) is 0 Å². The number of rotatable bonds is 9. The third-order valence-corrected chi connectivity index (χ3v) is 11.1. The number of anilines is 1. The normalized spacial score (nSPS) is 17.2. The first-order valence-electron chi connectivity index (χ1n) is 15.7. The van der Waals surface area contributed by atoms with Crippen molar-refractivity contribution < 1.29 is 36.3 Å². The van der Waals surface area contributed by atoms with Crippen LogP contribution in [0.4, 0.5) is 10.1 Å². The van der Waals surface area contributed by atoms with E-state index in [0.717, 1.165) is 57.8 Å². The molecule has 3 aromatic rings. The van der Waals surface area contributed by atoms with Crippen LogP contribution in [0.3, 0.4) is 0 Å². The molecule has 0 bridgehead atoms. The highest BCUT2D eigenvalue weighted by Gasteiger charge is 2.37. The van der Waals surface area contributed by atoms with Gasteiger partial charge in [0.15, 0.2) is 11.6 Å². The number of likely N-dealkylation sites (N-methyl/N-ethyl adjacent to an activating group) is 1. The average Bonchev–Trinajstić information content (AvgIpc) is 3.04. The van der Waals surface area contributed by atoms with E-state index in [2.05, 4.69) is 22.9 Å². The molecule has 1 fully saturated rings. The van der Waals surface area contributed by atoms with E-state index in [-0.39, 0.29) is 37.7 Å². The number of benzene rings is 2. The molecule has 0 saturated carbocycles. The maximum atomic E-state index is 16.1. The topological polar surface area (TPSA) is 156 Å². The molecule has 2 N–H and O–H groups in total. The van der Waals surface area contributed by atoms with Crippen molar-refractivity contribution in [2.75, 3.05) is 72.5 Å². The Hall–Kier alpha value is -4.05. The van der Waals surface area contributed by atoms with Crippen LogP contribution in [-0.2, 0) is 27.7 Å². The van der Waals surface area contributed by atoms with Gasteiger partial charge in [0.2, 0.25) is 10.0 Å². The Kier molecular flexibility index (Phi) is 9.88. The maximum absolute atomic E-state index is 16.1. The molecule has 260 valence electrons. The summed E-state index contributed by atoms with van der Waals surface area (Å²) in [4.78, 5) is 44.8. The van der Waals surface area contributed by atoms with Crippen LogP contribution < -0.4 is 21.0 Å². The molecule has 1 saturated heterocycles. The number of ether oxygens (including phenoxy) is 2. The summed E-state index contributed by atoms with van der Waals surface area (Å²) < 4.78 is 60.3. The highest BCUT2D eigenvalue weighted by Crippen LogP contribution is 2.38. The molecule has 2 aromatic carbocycles. The van der Waals surface area contributed by atoms with Gasteiger partial charge in [0.25, 0.3) is 11.8 Å². The predicted octanol–water partition coefficient (Wildman–Crippen LogP) is 2.26. The van der Waals surface area contributed by atoms with Crippen molar-refractivity contribution in [1.29, 1.82) is 0 Å². The van der Waals surface area contributed by atoms with E-state index in [1.807, 2.05) is 13.8 Å². The van der Waals surface area contributed by atoms with Crippen LogP contribution in [0.5, 0.6) is 5.75 Å². The van der Waals surface area contributed by atoms with Crippen molar-refractivity contribution in [3.63, 3.8) is 0 Å². The minimum atomic E-state index is -4.44. The lowest BCUT2D eigenvalue weighted by atomic mass is 9.92. The quantitative estimate of drug-likeness (QED) is 0.331. The number of hydrogen-bond donors (Lipinski definition) is 1. The minimum absolute atomic E-state index is 0.0597. The third kappa shape index (κ3) is 6.04. The zero-order chi connectivity index (χ0) is 35.2. The highest BCUT2D eigenvalue weighted by atomic mass is 32.2. The van der Waals surface area contributed by atoms with E-state index in [0.29, 0.717) is 12.2 Å². The Morgan fingerprint density at radius 2 is 1.85 bits per heavy atom. The fourth-order valence-electron chi connectivity index (χ4n) is 6.63. The first kappa shape index (κ1) is 35.3. The summed E-state index contributed by atoms with van der Waals surface area (Å²) in [5.74, 6) is -4.06. The largest absolute Gasteiger partial charge is 0.490 e. The minimum Gasteiger partial charge on any atom is -0.490 e. The molecular weight excluding hydrogens is 645 g/mol. The number of fused-ring (bicyclic) bond motifs is 3. The van der Waals surface area contributed by atoms with Gasteiger partial charge < -0.3 is 29.4 Å². The van der Waals surface area contributed by atoms with Crippen molar-refractivity contribution in [2.45, 2.75) is 44.7 Å². The SMILES string of the molecule is CCOc1c(C(N)=O)cc(S(=O)(=O)N(C)C)c(C(=O)N2CCc3c(c(=O)oc4c(C)c(N5CCN(C)C(COC)C5)cc(C)c34)C2)c1F. The number of aryl methyl sites for hydroxylation is 2. The average molecular weight is 688 g/mol. The molecule has 3 heterocycles. The Bertz CT molecular complexity index is 1960. The number of primary amides is 1. The van der Waals surface area contributed by atoms with Crippen LogP contribution in [-0.4, -0.2) is 108 Å². The van der Waals surface area contributed by atoms with E-state index in [4.69, 9.17) is 19.6 Å². The van der Waals surface area contributed by atoms with E-state index >= 15 is 4.39 Å². The molecule has 13 nitrogen and oxygen atoms in total. The second-order valence-corrected chi connectivity index (χ2v) is 14.5. The lowest BCUT2D eigenvalue weighted by Gasteiger charge is -2.41. The van der Waals surface area contributed by atoms with Gasteiger partial charge in [0, 0.05) is 64.0 Å². The van der Waals surface area contributed by atoms with E-state index in [1.165, 1.54) is 25.9 Å². The molecule has 15 heteroatoms. The zero-order valence-electron chi connectivity index (χ0n) is 28.3. The van der Waals surface area contributed by atoms with Crippen LogP contribution in [0.2, 0.25) is 0 Å². The molecule has 5 rings (SSSR count). The third-order valence-electron chi connectivity index (χ3n) is 9.26. The molecule has 0 radical (unpaired) electrons. The lowest BCUT2D eigenvalue weighted by Crippen LogP contribution is -2.53. The van der Waals surface area contributed by atoms with Crippen molar-refractivity contribution >= 4 is 38.5 Å². The van der Waals surface area contributed by atoms with Gasteiger partial charge in [-0.2, -0.15) is 0 Å². The molecule has 0 aliphatic carbocycles. The summed E-state index contributed by atoms with van der Waals surface area (Å²) in [5, 5.41) is 0.784. The number of amides is 2. The number of carbonyl (C=O) groups excluding carboxylic acids is 2. The number of nitrogens with zero attached hydrogens (tertiary/aromatic N) is 4. The van der Waals surface area contributed by atoms with Crippen LogP contribution in [0.25, 0.3) is 11.0 Å². The molecule has 1 atom stereocenters. The fraction of sp³-hybridized carbons (Fsp3) is 0.485. The highest BCUT2D eigenvalue weighted by molar-refractivity contribution is 7.89. The van der Waals surface area contributed by atoms with Crippen molar-refractivity contribution in [3.05, 3.63) is 61.8 Å². The van der Waals surface area contributed by atoms with Gasteiger partial charge in [-0.15, -0.1) is 0 Å². The molecule has 2 amide bonds. The molecule has 48 heavy (non-hydrogen) atoms. The van der Waals surface area contributed by atoms with Crippen LogP contribution in [0, 0.1) is 19.7 Å². The van der Waals surface area contributed by atoms with Gasteiger partial charge in [0.05, 0.1) is 47.4 Å². The van der Waals surface area contributed by atoms with Gasteiger partial charge in [-0.3, -0.25) is 14.5 Å². The zero-order valence-corrected chi connectivity index (χ0v) is 29.1. The molecule has 2 aliphatic rings. The van der Waals surface area contributed by atoms with Crippen LogP contribution >= 0.6 is 0 Å². The Labute approximate surface area is 279 Å². The molecular formula is C33H42FN5O8S. The fourth-order valence-corrected chi connectivity index (χ4v) is 7.72. The van der Waals surface area contributed by atoms with E-state index < -0.39 is 55.1 Å². The first-order chi connectivity index (χ1) is 22.6. The van der Waals surface area contributed by atoms with Crippen LogP contribution in [0.15, 0.2) is 26.2 Å². The second-order valence-electron chi connectivity index (χ2n) is 12.4. The van der Waals surface area contributed by atoms with Gasteiger partial charge in [-0.25, -0.2) is 21.9 Å². The number of nitrogens with two attached hydrogens (primary N) is 1. The van der Waals surface area contributed by atoms with Gasteiger partial charge >= 0.3 is 5.63 Å². The number of hydrogen-bond acceptors (Lipinski definition) is 10. The molecule has 1 unspecified atom stereocenters. The van der Waals surface area contributed by atoms with Crippen molar-refractivity contribution in [1.82, 2.24) is 14.1 Å². The smallest absolute Gasteiger partial charge is 0.341 e. The number of sulfonamides is 1. The first-order valence-corrected chi connectivity index (χ1v) is 17.1. The van der Waals surface area contributed by atoms with E-state index in [9.17, 15) is 22.8 Å². The summed E-state index contributed by atoms with van der Waals surface area (Å²) in [6.45, 7) is 8.12. The number of methoxy groups -OCH3 is 1. The van der Waals surface area contributed by atoms with E-state index in [1.54, 1.807) is 7.11 Å². The summed E-state index contributed by atoms with van der Waals surface area (Å²) >= 11 is 0. The Morgan fingerprint density at radius 1 is 1.15 bits per heavy atom. The number of piperazine rings is 1. The molecule has 1 aromatic heterocycles. The number of carbonyl (C=O) groups is 2. The lowest BCUT2D eigenvalue weighted by molar-refractivity contribution is 0.0721. The van der Waals surface area contributed by atoms with Crippen LogP contribution in [0.1, 0.15) is 49.9 Å². The Balaban J connectivity index is 1.58. The van der Waals surface area contributed by atoms with Gasteiger partial charge in [-0.05, 0) is 57.5 Å². The summed E-state index contributed by atoms with van der Waals surface area (Å²) in [5.41, 5.74) is 7.63. The van der Waals surface area contributed by atoms with Crippen molar-refractivity contribution in [3.8, 4) is 5.75 Å². The van der Waals surface area contributed by atoms with Crippen molar-refractivity contribution in [2.24, 2.45) is 5.73 Å². The maximum Gasteiger partial charge on any atom is 0.341 e. The summed E-state index contributed by atoms with van der Waals surface area (Å²) in [6.07, 6.45) is 0.238. The standard InChI is InChI=1S/C33H42FN5O8S/c1-8-46-30-22(31(35)40)14-25(48(43,44)36(4)5)27(28(30)34)32(41)39-10-9-21-23(16-39)33(42)47-29-19(3)24(13-18(2)26(21)29)38-12-11-37(6)20(15-38)17-45-7/h13-14,20H,8-12,15-17H2,1-7H3,(H2,35,40). The second kappa shape index (κ2) is 13.5. The summed E-state index contributed by atoms with van der Waals surface area (Å²) in [6, 6.07) is 3.15. The monoisotopic (exact) mass is 687 g/mol. The molecule has 0 spiro atoms. The Morgan fingerprint density at radius 3 is 2.48 bits per heavy atom. The van der Waals surface area contributed by atoms with Gasteiger partial charge in [0.1, 0.15) is 5.58 Å². The molecule has 2 aliphatic heterocycles. The summed E-state index contributed by atoms with van der Waals surface area (Å²) in [7, 11) is 1.74. The number of halogens is 1. The predicted molar refractivity (Wildman–Crippen MR) is 178 cm³/mol.